The molecule has 15 heavy (non-hydrogen) atoms. The summed E-state index contributed by atoms with van der Waals surface area (Å²) in [5.41, 5.74) is 0. The Bertz CT molecular complexity index is 340. The lowest BCUT2D eigenvalue weighted by molar-refractivity contribution is -0.116. The smallest absolute Gasteiger partial charge is 0.352 e. The van der Waals surface area contributed by atoms with E-state index in [1.807, 2.05) is 0 Å². The molecule has 1 unspecified atom stereocenters. The van der Waals surface area contributed by atoms with Crippen molar-refractivity contribution in [1.82, 2.24) is 5.32 Å². The van der Waals surface area contributed by atoms with Gasteiger partial charge in [0.1, 0.15) is 0 Å². The zero-order valence-corrected chi connectivity index (χ0v) is 9.36. The van der Waals surface area contributed by atoms with Gasteiger partial charge in [-0.1, -0.05) is 6.58 Å². The van der Waals surface area contributed by atoms with E-state index in [9.17, 15) is 13.9 Å². The number of hydrogen-bond acceptors (Lipinski definition) is 4. The van der Waals surface area contributed by atoms with E-state index in [4.69, 9.17) is 14.7 Å². The molecule has 0 aromatic carbocycles. The Morgan fingerprint density at radius 1 is 1.47 bits per heavy atom. The number of amides is 1. The average molecular weight is 261 g/mol. The molecule has 0 aromatic heterocycles. The summed E-state index contributed by atoms with van der Waals surface area (Å²) < 4.78 is 24.8. The minimum absolute atomic E-state index is 0. The minimum atomic E-state index is -5.00. The van der Waals surface area contributed by atoms with E-state index in [1.165, 1.54) is 0 Å². The molecule has 0 saturated carbocycles. The SMILES string of the molecule is C=CC(=O)NCCP(=O)(O)OP(=O)(O)O.[HH]. The van der Waals surface area contributed by atoms with Gasteiger partial charge in [-0.2, -0.15) is 0 Å². The van der Waals surface area contributed by atoms with E-state index in [2.05, 4.69) is 16.2 Å². The van der Waals surface area contributed by atoms with E-state index in [-0.39, 0.29) is 7.97 Å². The summed E-state index contributed by atoms with van der Waals surface area (Å²) >= 11 is 0. The zero-order valence-electron chi connectivity index (χ0n) is 7.57. The van der Waals surface area contributed by atoms with Crippen LogP contribution in [-0.4, -0.2) is 33.3 Å². The minimum Gasteiger partial charge on any atom is -0.352 e. The van der Waals surface area contributed by atoms with Crippen LogP contribution in [-0.2, 0) is 18.2 Å². The molecule has 0 aliphatic carbocycles. The predicted octanol–water partition coefficient (Wildman–Crippen LogP) is -0.171. The largest absolute Gasteiger partial charge is 0.476 e. The molecule has 1 amide bonds. The quantitative estimate of drug-likeness (QED) is 0.385. The molecule has 8 nitrogen and oxygen atoms in total. The second-order valence-electron chi connectivity index (χ2n) is 2.43. The molecule has 0 bridgehead atoms. The monoisotopic (exact) mass is 261 g/mol. The lowest BCUT2D eigenvalue weighted by atomic mass is 10.6. The molecule has 0 heterocycles. The Morgan fingerprint density at radius 3 is 2.40 bits per heavy atom. The van der Waals surface area contributed by atoms with Gasteiger partial charge in [0, 0.05) is 7.97 Å². The Hall–Kier alpha value is -0.490. The third-order valence-corrected chi connectivity index (χ3v) is 3.77. The second-order valence-corrected chi connectivity index (χ2v) is 5.78. The van der Waals surface area contributed by atoms with E-state index >= 15 is 0 Å². The van der Waals surface area contributed by atoms with E-state index in [1.54, 1.807) is 0 Å². The third kappa shape index (κ3) is 8.50. The third-order valence-electron chi connectivity index (χ3n) is 1.11. The fourth-order valence-corrected chi connectivity index (χ4v) is 2.65. The molecule has 0 radical (unpaired) electrons. The van der Waals surface area contributed by atoms with Crippen molar-refractivity contribution in [3.05, 3.63) is 12.7 Å². The van der Waals surface area contributed by atoms with Crippen molar-refractivity contribution in [3.8, 4) is 0 Å². The van der Waals surface area contributed by atoms with Crippen LogP contribution in [0.15, 0.2) is 12.7 Å². The second kappa shape index (κ2) is 5.55. The maximum Gasteiger partial charge on any atom is 0.476 e. The van der Waals surface area contributed by atoms with Crippen LogP contribution >= 0.6 is 15.4 Å². The van der Waals surface area contributed by atoms with Crippen molar-refractivity contribution in [2.24, 2.45) is 0 Å². The van der Waals surface area contributed by atoms with Crippen molar-refractivity contribution in [2.45, 2.75) is 0 Å². The lowest BCUT2D eigenvalue weighted by Gasteiger charge is -2.12. The van der Waals surface area contributed by atoms with Gasteiger partial charge in [0.05, 0.1) is 6.16 Å². The van der Waals surface area contributed by atoms with Crippen molar-refractivity contribution in [2.75, 3.05) is 12.7 Å². The predicted molar refractivity (Wildman–Crippen MR) is 53.1 cm³/mol. The molecule has 0 fully saturated rings. The molecule has 4 N–H and O–H groups in total. The van der Waals surface area contributed by atoms with Crippen LogP contribution in [0.5, 0.6) is 0 Å². The Balaban J connectivity index is 0. The number of hydrogen-bond donors (Lipinski definition) is 4. The molecule has 1 atom stereocenters. The lowest BCUT2D eigenvalue weighted by Crippen LogP contribution is -2.24. The molecule has 0 rings (SSSR count). The molecule has 0 aromatic rings. The van der Waals surface area contributed by atoms with Gasteiger partial charge in [-0.25, -0.2) is 8.88 Å². The Labute approximate surface area is 87.2 Å². The van der Waals surface area contributed by atoms with Gasteiger partial charge in [-0.3, -0.25) is 9.36 Å². The molecule has 0 aliphatic heterocycles. The fourth-order valence-electron chi connectivity index (χ4n) is 0.600. The highest BCUT2D eigenvalue weighted by Crippen LogP contribution is 2.56. The standard InChI is InChI=1S/C5H11NO7P2.H2/c1-2-5(7)6-3-4-14(8,9)13-15(10,11)12;/h2H,1,3-4H2,(H,6,7)(H,8,9)(H2,10,11,12);1H. The van der Waals surface area contributed by atoms with Crippen LogP contribution in [0.4, 0.5) is 0 Å². The van der Waals surface area contributed by atoms with Crippen LogP contribution in [0.1, 0.15) is 1.43 Å². The van der Waals surface area contributed by atoms with E-state index < -0.39 is 27.5 Å². The molecule has 0 aliphatic rings. The summed E-state index contributed by atoms with van der Waals surface area (Å²) in [5, 5.41) is 2.15. The average Bonchev–Trinajstić information content (AvgIpc) is 1.98. The summed E-state index contributed by atoms with van der Waals surface area (Å²) in [4.78, 5) is 36.0. The number of carbonyl (C=O) groups is 1. The summed E-state index contributed by atoms with van der Waals surface area (Å²) in [6.07, 6.45) is 0.351. The highest BCUT2D eigenvalue weighted by Gasteiger charge is 2.30. The summed E-state index contributed by atoms with van der Waals surface area (Å²) in [6, 6.07) is 0. The first-order valence-electron chi connectivity index (χ1n) is 3.65. The van der Waals surface area contributed by atoms with Gasteiger partial charge in [0.2, 0.25) is 5.91 Å². The van der Waals surface area contributed by atoms with Gasteiger partial charge >= 0.3 is 15.4 Å². The number of carbonyl (C=O) groups excluding carboxylic acids is 1. The molecule has 10 heteroatoms. The maximum absolute atomic E-state index is 11.0. The van der Waals surface area contributed by atoms with Gasteiger partial charge < -0.3 is 20.0 Å². The van der Waals surface area contributed by atoms with E-state index in [0.717, 1.165) is 6.08 Å². The topological polar surface area (TPSA) is 133 Å². The highest BCUT2D eigenvalue weighted by atomic mass is 31.3. The highest BCUT2D eigenvalue weighted by molar-refractivity contribution is 7.63. The van der Waals surface area contributed by atoms with Crippen molar-refractivity contribution < 1.29 is 34.3 Å². The normalized spacial score (nSPS) is 15.4. The molecule has 0 spiro atoms. The first-order valence-corrected chi connectivity index (χ1v) is 6.94. The zero-order chi connectivity index (χ0) is 12.1. The van der Waals surface area contributed by atoms with Gasteiger partial charge in [0.15, 0.2) is 0 Å². The van der Waals surface area contributed by atoms with Crippen molar-refractivity contribution in [1.29, 1.82) is 0 Å². The molecular formula is C5H13NO7P2. The van der Waals surface area contributed by atoms with Crippen molar-refractivity contribution in [3.63, 3.8) is 0 Å². The summed E-state index contributed by atoms with van der Waals surface area (Å²) in [5.74, 6) is -0.564. The van der Waals surface area contributed by atoms with Gasteiger partial charge in [-0.15, -0.1) is 0 Å². The molecular weight excluding hydrogens is 248 g/mol. The fraction of sp³-hybridized carbons (Fsp3) is 0.400. The number of phosphoric acid groups is 1. The van der Waals surface area contributed by atoms with Crippen LogP contribution in [0.25, 0.3) is 0 Å². The van der Waals surface area contributed by atoms with Crippen LogP contribution in [0.2, 0.25) is 0 Å². The van der Waals surface area contributed by atoms with E-state index in [0.29, 0.717) is 0 Å². The molecule has 90 valence electrons. The van der Waals surface area contributed by atoms with Gasteiger partial charge in [-0.05, 0) is 6.08 Å². The molecule has 0 saturated heterocycles. The first-order chi connectivity index (χ1) is 6.66. The van der Waals surface area contributed by atoms with Crippen LogP contribution < -0.4 is 5.32 Å². The van der Waals surface area contributed by atoms with Gasteiger partial charge in [0.25, 0.3) is 0 Å². The number of nitrogens with one attached hydrogen (secondary N) is 1. The summed E-state index contributed by atoms with van der Waals surface area (Å²) in [6.45, 7) is 2.88. The maximum atomic E-state index is 11.0. The summed E-state index contributed by atoms with van der Waals surface area (Å²) in [7, 11) is -9.40. The number of rotatable bonds is 6. The Morgan fingerprint density at radius 2 is 2.00 bits per heavy atom. The first kappa shape index (κ1) is 14.5. The Kier molecular flexibility index (Phi) is 5.37. The van der Waals surface area contributed by atoms with Crippen molar-refractivity contribution >= 4 is 21.3 Å². The van der Waals surface area contributed by atoms with Crippen LogP contribution in [0.3, 0.4) is 0 Å². The van der Waals surface area contributed by atoms with Crippen LogP contribution in [0, 0.1) is 0 Å².